The smallest absolute Gasteiger partial charge is 0.295 e. The second-order valence-corrected chi connectivity index (χ2v) is 5.65. The minimum Gasteiger partial charge on any atom is -0.461 e. The van der Waals surface area contributed by atoms with Crippen LogP contribution in [0, 0.1) is 0 Å². The Bertz CT molecular complexity index is 1330. The van der Waals surface area contributed by atoms with Crippen molar-refractivity contribution in [2.24, 2.45) is 0 Å². The van der Waals surface area contributed by atoms with Gasteiger partial charge in [0.1, 0.15) is 5.69 Å². The van der Waals surface area contributed by atoms with Crippen LogP contribution in [0.25, 0.3) is 28.1 Å². The summed E-state index contributed by atoms with van der Waals surface area (Å²) in [5.74, 6) is 1.27. The summed E-state index contributed by atoms with van der Waals surface area (Å²) in [6.45, 7) is 0. The summed E-state index contributed by atoms with van der Waals surface area (Å²) in [5.41, 5.74) is 1.02. The van der Waals surface area contributed by atoms with E-state index in [1.165, 1.54) is 23.1 Å². The van der Waals surface area contributed by atoms with Crippen LogP contribution in [0.3, 0.4) is 0 Å². The van der Waals surface area contributed by atoms with Gasteiger partial charge in [0.2, 0.25) is 11.8 Å². The number of benzene rings is 1. The number of furan rings is 1. The Kier molecular flexibility index (Phi) is 3.36. The molecule has 9 nitrogen and oxygen atoms in total. The van der Waals surface area contributed by atoms with Gasteiger partial charge in [-0.15, -0.1) is 5.10 Å². The van der Waals surface area contributed by atoms with Gasteiger partial charge in [-0.2, -0.15) is 4.52 Å². The van der Waals surface area contributed by atoms with Crippen molar-refractivity contribution >= 4 is 28.2 Å². The van der Waals surface area contributed by atoms with E-state index in [2.05, 4.69) is 30.4 Å². The maximum atomic E-state index is 12.1. The molecule has 0 aliphatic heterocycles. The number of hydrogen-bond donors (Lipinski definition) is 1. The average molecular weight is 357 g/mol. The van der Waals surface area contributed by atoms with Crippen molar-refractivity contribution < 1.29 is 4.42 Å². The molecular weight excluding hydrogens is 346 g/mol. The Balaban J connectivity index is 1.77. The standard InChI is InChI=1S/C18H11N7O2/c26-17-13(10-19-7-8-20-17)22-18-21-12-5-2-1-4-11(12)16-23-15(24-25(16)18)14-6-3-9-27-14/h1-10H,(H,20,21,22,26). The van der Waals surface area contributed by atoms with Gasteiger partial charge in [-0.25, -0.2) is 15.0 Å². The van der Waals surface area contributed by atoms with E-state index in [4.69, 9.17) is 4.42 Å². The fourth-order valence-electron chi connectivity index (χ4n) is 2.73. The molecule has 5 aromatic rings. The molecule has 0 saturated carbocycles. The van der Waals surface area contributed by atoms with Gasteiger partial charge >= 0.3 is 0 Å². The number of rotatable bonds is 3. The molecule has 0 aliphatic carbocycles. The van der Waals surface area contributed by atoms with Crippen molar-refractivity contribution in [1.29, 1.82) is 0 Å². The van der Waals surface area contributed by atoms with E-state index in [9.17, 15) is 4.79 Å². The predicted molar refractivity (Wildman–Crippen MR) is 97.6 cm³/mol. The number of hydrogen-bond acceptors (Lipinski definition) is 8. The van der Waals surface area contributed by atoms with E-state index < -0.39 is 5.56 Å². The van der Waals surface area contributed by atoms with Crippen LogP contribution in [-0.4, -0.2) is 29.5 Å². The molecular formula is C18H11N7O2. The molecule has 0 atom stereocenters. The van der Waals surface area contributed by atoms with Crippen LogP contribution in [0.4, 0.5) is 11.6 Å². The van der Waals surface area contributed by atoms with E-state index in [1.54, 1.807) is 18.4 Å². The van der Waals surface area contributed by atoms with E-state index in [-0.39, 0.29) is 5.69 Å². The average Bonchev–Trinajstić information content (AvgIpc) is 3.32. The first-order chi connectivity index (χ1) is 13.3. The normalized spacial score (nSPS) is 11.1. The number of nitrogens with one attached hydrogen (secondary N) is 1. The van der Waals surface area contributed by atoms with Crippen LogP contribution in [-0.2, 0) is 0 Å². The van der Waals surface area contributed by atoms with Crippen LogP contribution in [0.15, 0.2) is 70.5 Å². The van der Waals surface area contributed by atoms with Gasteiger partial charge in [-0.05, 0) is 24.3 Å². The molecule has 0 spiro atoms. The lowest BCUT2D eigenvalue weighted by atomic mass is 10.2. The van der Waals surface area contributed by atoms with Crippen molar-refractivity contribution in [3.63, 3.8) is 0 Å². The summed E-state index contributed by atoms with van der Waals surface area (Å²) >= 11 is 0. The molecule has 0 saturated heterocycles. The van der Waals surface area contributed by atoms with Gasteiger partial charge in [0.25, 0.3) is 5.56 Å². The van der Waals surface area contributed by atoms with Crippen molar-refractivity contribution in [3.8, 4) is 11.6 Å². The van der Waals surface area contributed by atoms with Crippen molar-refractivity contribution in [3.05, 3.63) is 71.6 Å². The van der Waals surface area contributed by atoms with E-state index in [0.29, 0.717) is 28.7 Å². The fourth-order valence-corrected chi connectivity index (χ4v) is 2.73. The zero-order valence-electron chi connectivity index (χ0n) is 13.8. The summed E-state index contributed by atoms with van der Waals surface area (Å²) in [4.78, 5) is 29.0. The number of nitrogens with zero attached hydrogens (tertiary/aromatic N) is 6. The molecule has 27 heavy (non-hydrogen) atoms. The Morgan fingerprint density at radius 3 is 2.85 bits per heavy atom. The molecule has 1 aromatic carbocycles. The molecule has 0 aliphatic rings. The molecule has 0 amide bonds. The quantitative estimate of drug-likeness (QED) is 0.524. The van der Waals surface area contributed by atoms with Gasteiger partial charge in [-0.1, -0.05) is 12.1 Å². The van der Waals surface area contributed by atoms with E-state index in [0.717, 1.165) is 5.39 Å². The first kappa shape index (κ1) is 15.1. The summed E-state index contributed by atoms with van der Waals surface area (Å²) in [5, 5.41) is 8.28. The maximum absolute atomic E-state index is 12.1. The summed E-state index contributed by atoms with van der Waals surface area (Å²) in [7, 11) is 0. The minimum atomic E-state index is -0.456. The third-order valence-corrected chi connectivity index (χ3v) is 3.95. The molecule has 5 rings (SSSR count). The third kappa shape index (κ3) is 2.58. The lowest BCUT2D eigenvalue weighted by Crippen LogP contribution is -2.11. The van der Waals surface area contributed by atoms with Crippen molar-refractivity contribution in [1.82, 2.24) is 29.5 Å². The lowest BCUT2D eigenvalue weighted by Gasteiger charge is -2.07. The molecule has 0 unspecified atom stereocenters. The number of anilines is 2. The fraction of sp³-hybridized carbons (Fsp3) is 0. The molecule has 4 heterocycles. The Hall–Kier alpha value is -4.14. The zero-order chi connectivity index (χ0) is 18.2. The highest BCUT2D eigenvalue weighted by Gasteiger charge is 2.16. The molecule has 130 valence electrons. The lowest BCUT2D eigenvalue weighted by molar-refractivity contribution is 0.577. The molecule has 0 radical (unpaired) electrons. The highest BCUT2D eigenvalue weighted by Crippen LogP contribution is 2.25. The van der Waals surface area contributed by atoms with Gasteiger partial charge in [0.05, 0.1) is 18.0 Å². The SMILES string of the molecule is O=c1nccncc1Nc1nc2ccccc2c2nc(-c3ccco3)nn12. The summed E-state index contributed by atoms with van der Waals surface area (Å²) < 4.78 is 6.94. The van der Waals surface area contributed by atoms with Crippen LogP contribution in [0.2, 0.25) is 0 Å². The van der Waals surface area contributed by atoms with E-state index >= 15 is 0 Å². The van der Waals surface area contributed by atoms with Crippen LogP contribution < -0.4 is 10.9 Å². The molecule has 1 N–H and O–H groups in total. The topological polar surface area (TPSA) is 111 Å². The number of fused-ring (bicyclic) bond motifs is 3. The number of para-hydroxylation sites is 1. The Labute approximate surface area is 151 Å². The summed E-state index contributed by atoms with van der Waals surface area (Å²) in [6, 6.07) is 11.1. The second kappa shape index (κ2) is 5.99. The molecule has 0 bridgehead atoms. The second-order valence-electron chi connectivity index (χ2n) is 5.65. The summed E-state index contributed by atoms with van der Waals surface area (Å²) in [6.07, 6.45) is 5.71. The van der Waals surface area contributed by atoms with Crippen LogP contribution in [0.1, 0.15) is 0 Å². The largest absolute Gasteiger partial charge is 0.461 e. The van der Waals surface area contributed by atoms with Gasteiger partial charge in [-0.3, -0.25) is 9.78 Å². The van der Waals surface area contributed by atoms with Gasteiger partial charge in [0.15, 0.2) is 11.4 Å². The Morgan fingerprint density at radius 1 is 1.04 bits per heavy atom. The van der Waals surface area contributed by atoms with Crippen LogP contribution in [0.5, 0.6) is 0 Å². The first-order valence-corrected chi connectivity index (χ1v) is 8.06. The minimum absolute atomic E-state index is 0.180. The number of aromatic nitrogens is 6. The zero-order valence-corrected chi connectivity index (χ0v) is 13.8. The Morgan fingerprint density at radius 2 is 1.96 bits per heavy atom. The molecule has 0 fully saturated rings. The first-order valence-electron chi connectivity index (χ1n) is 8.06. The maximum Gasteiger partial charge on any atom is 0.295 e. The molecule has 9 heteroatoms. The monoisotopic (exact) mass is 357 g/mol. The highest BCUT2D eigenvalue weighted by atomic mass is 16.3. The van der Waals surface area contributed by atoms with Crippen molar-refractivity contribution in [2.45, 2.75) is 0 Å². The van der Waals surface area contributed by atoms with E-state index in [1.807, 2.05) is 24.3 Å². The predicted octanol–water partition coefficient (Wildman–Crippen LogP) is 2.43. The third-order valence-electron chi connectivity index (χ3n) is 3.95. The van der Waals surface area contributed by atoms with Crippen molar-refractivity contribution in [2.75, 3.05) is 5.32 Å². The molecule has 4 aromatic heterocycles. The van der Waals surface area contributed by atoms with Crippen LogP contribution >= 0.6 is 0 Å². The van der Waals surface area contributed by atoms with Gasteiger partial charge < -0.3 is 9.73 Å². The van der Waals surface area contributed by atoms with Gasteiger partial charge in [0, 0.05) is 17.8 Å². The highest BCUT2D eigenvalue weighted by molar-refractivity contribution is 5.93.